The third-order valence-electron chi connectivity index (χ3n) is 3.89. The number of aliphatic hydroxyl groups excluding tert-OH is 1. The first-order chi connectivity index (χ1) is 9.88. The summed E-state index contributed by atoms with van der Waals surface area (Å²) in [7, 11) is 0. The van der Waals surface area contributed by atoms with Gasteiger partial charge in [-0.1, -0.05) is 35.8 Å². The van der Waals surface area contributed by atoms with Gasteiger partial charge >= 0.3 is 0 Å². The third kappa shape index (κ3) is 2.85. The second-order valence-corrected chi connectivity index (χ2v) is 8.07. The van der Waals surface area contributed by atoms with Gasteiger partial charge in [-0.2, -0.15) is 0 Å². The Kier molecular flexibility index (Phi) is 4.05. The Bertz CT molecular complexity index is 697. The molecule has 0 saturated carbocycles. The number of halogens is 2. The molecule has 1 atom stereocenters. The van der Waals surface area contributed by atoms with Crippen LogP contribution in [0.2, 0.25) is 0 Å². The summed E-state index contributed by atoms with van der Waals surface area (Å²) in [5, 5.41) is 10.7. The molecule has 2 nitrogen and oxygen atoms in total. The average Bonchev–Trinajstić information content (AvgIpc) is 2.76. The fraction of sp³-hybridized carbons (Fsp3) is 0.294. The highest BCUT2D eigenvalue weighted by Gasteiger charge is 2.32. The van der Waals surface area contributed by atoms with Gasteiger partial charge in [0.25, 0.3) is 0 Å². The lowest BCUT2D eigenvalue weighted by molar-refractivity contribution is 0.219. The van der Waals surface area contributed by atoms with E-state index >= 15 is 0 Å². The molecule has 1 aliphatic rings. The highest BCUT2D eigenvalue weighted by molar-refractivity contribution is 14.1. The van der Waals surface area contributed by atoms with Gasteiger partial charge in [-0.05, 0) is 64.0 Å². The van der Waals surface area contributed by atoms with Gasteiger partial charge in [-0.15, -0.1) is 0 Å². The van der Waals surface area contributed by atoms with Crippen LogP contribution in [0.4, 0.5) is 0 Å². The van der Waals surface area contributed by atoms with Crippen molar-refractivity contribution in [2.45, 2.75) is 25.4 Å². The Labute approximate surface area is 146 Å². The maximum absolute atomic E-state index is 10.7. The van der Waals surface area contributed by atoms with Gasteiger partial charge in [0.15, 0.2) is 0 Å². The molecule has 1 unspecified atom stereocenters. The van der Waals surface area contributed by atoms with Gasteiger partial charge < -0.3 is 9.84 Å². The first-order valence-electron chi connectivity index (χ1n) is 6.79. The van der Waals surface area contributed by atoms with Gasteiger partial charge in [0.05, 0.1) is 6.61 Å². The molecule has 0 saturated heterocycles. The van der Waals surface area contributed by atoms with Crippen molar-refractivity contribution in [2.24, 2.45) is 0 Å². The lowest BCUT2D eigenvalue weighted by Gasteiger charge is -2.18. The minimum atomic E-state index is -0.629. The van der Waals surface area contributed by atoms with E-state index in [4.69, 9.17) is 4.74 Å². The summed E-state index contributed by atoms with van der Waals surface area (Å²) >= 11 is 5.73. The van der Waals surface area contributed by atoms with Gasteiger partial charge in [-0.3, -0.25) is 0 Å². The molecule has 0 aliphatic carbocycles. The van der Waals surface area contributed by atoms with E-state index in [0.29, 0.717) is 6.61 Å². The van der Waals surface area contributed by atoms with E-state index in [2.05, 4.69) is 58.4 Å². The number of hydrogen-bond acceptors (Lipinski definition) is 2. The highest BCUT2D eigenvalue weighted by atomic mass is 127. The van der Waals surface area contributed by atoms with E-state index in [1.807, 2.05) is 30.3 Å². The maximum Gasteiger partial charge on any atom is 0.123 e. The number of benzene rings is 2. The third-order valence-corrected chi connectivity index (χ3v) is 5.37. The molecule has 3 rings (SSSR count). The molecule has 21 heavy (non-hydrogen) atoms. The summed E-state index contributed by atoms with van der Waals surface area (Å²) < 4.78 is 7.74. The summed E-state index contributed by atoms with van der Waals surface area (Å²) in [4.78, 5) is 0. The second kappa shape index (κ2) is 5.56. The molecule has 2 aromatic carbocycles. The van der Waals surface area contributed by atoms with E-state index in [1.54, 1.807) is 0 Å². The fourth-order valence-electron chi connectivity index (χ4n) is 2.61. The van der Waals surface area contributed by atoms with Crippen molar-refractivity contribution in [3.8, 4) is 5.75 Å². The van der Waals surface area contributed by atoms with E-state index in [1.165, 1.54) is 5.56 Å². The molecular weight excluding hydrogens is 443 g/mol. The van der Waals surface area contributed by atoms with Crippen LogP contribution in [-0.4, -0.2) is 11.7 Å². The largest absolute Gasteiger partial charge is 0.492 e. The molecule has 0 spiro atoms. The topological polar surface area (TPSA) is 29.5 Å². The van der Waals surface area contributed by atoms with Crippen LogP contribution in [0.3, 0.4) is 0 Å². The summed E-state index contributed by atoms with van der Waals surface area (Å²) in [5.74, 6) is 0.930. The molecule has 0 amide bonds. The molecule has 0 radical (unpaired) electrons. The monoisotopic (exact) mass is 458 g/mol. The van der Waals surface area contributed by atoms with Crippen LogP contribution in [0.1, 0.15) is 36.6 Å². The van der Waals surface area contributed by atoms with Crippen LogP contribution in [0.5, 0.6) is 5.75 Å². The predicted molar refractivity (Wildman–Crippen MR) is 95.9 cm³/mol. The van der Waals surface area contributed by atoms with Crippen LogP contribution >= 0.6 is 38.5 Å². The second-order valence-electron chi connectivity index (χ2n) is 6.00. The standard InChI is InChI=1S/C17H16BrIO2/c1-17(2)9-21-15-6-3-10(7-13(15)17)16(20)12-8-11(18)4-5-14(12)19/h3-8,16,20H,9H2,1-2H3. The number of hydrogen-bond donors (Lipinski definition) is 1. The minimum Gasteiger partial charge on any atom is -0.492 e. The minimum absolute atomic E-state index is 0.00448. The number of aliphatic hydroxyl groups is 1. The lowest BCUT2D eigenvalue weighted by Crippen LogP contribution is -2.18. The van der Waals surface area contributed by atoms with Crippen LogP contribution in [0.25, 0.3) is 0 Å². The van der Waals surface area contributed by atoms with E-state index in [9.17, 15) is 5.11 Å². The molecule has 2 aromatic rings. The van der Waals surface area contributed by atoms with Gasteiger partial charge in [0, 0.05) is 19.0 Å². The molecule has 0 fully saturated rings. The Morgan fingerprint density at radius 3 is 2.76 bits per heavy atom. The fourth-order valence-corrected chi connectivity index (χ4v) is 3.62. The molecule has 110 valence electrons. The Morgan fingerprint density at radius 1 is 1.24 bits per heavy atom. The Morgan fingerprint density at radius 2 is 2.00 bits per heavy atom. The van der Waals surface area contributed by atoms with Gasteiger partial charge in [0.1, 0.15) is 11.9 Å². The number of ether oxygens (including phenoxy) is 1. The molecule has 4 heteroatoms. The predicted octanol–water partition coefficient (Wildman–Crippen LogP) is 4.81. The molecule has 1 N–H and O–H groups in total. The molecule has 1 aliphatic heterocycles. The maximum atomic E-state index is 10.7. The van der Waals surface area contributed by atoms with Crippen molar-refractivity contribution >= 4 is 38.5 Å². The SMILES string of the molecule is CC1(C)COc2ccc(C(O)c3cc(Br)ccc3I)cc21. The van der Waals surface area contributed by atoms with Crippen molar-refractivity contribution < 1.29 is 9.84 Å². The van der Waals surface area contributed by atoms with Gasteiger partial charge in [-0.25, -0.2) is 0 Å². The van der Waals surface area contributed by atoms with Crippen molar-refractivity contribution in [3.63, 3.8) is 0 Å². The van der Waals surface area contributed by atoms with E-state index < -0.39 is 6.10 Å². The zero-order valence-electron chi connectivity index (χ0n) is 11.9. The quantitative estimate of drug-likeness (QED) is 0.654. The zero-order chi connectivity index (χ0) is 15.2. The molecule has 1 heterocycles. The lowest BCUT2D eigenvalue weighted by atomic mass is 9.85. The summed E-state index contributed by atoms with van der Waals surface area (Å²) in [6.07, 6.45) is -0.629. The summed E-state index contributed by atoms with van der Waals surface area (Å²) in [6, 6.07) is 11.9. The van der Waals surface area contributed by atoms with E-state index in [-0.39, 0.29) is 5.41 Å². The molecule has 0 bridgehead atoms. The van der Waals surface area contributed by atoms with Crippen LogP contribution in [0.15, 0.2) is 40.9 Å². The van der Waals surface area contributed by atoms with E-state index in [0.717, 1.165) is 24.9 Å². The smallest absolute Gasteiger partial charge is 0.123 e. The number of rotatable bonds is 2. The average molecular weight is 459 g/mol. The Balaban J connectivity index is 2.03. The highest BCUT2D eigenvalue weighted by Crippen LogP contribution is 2.40. The van der Waals surface area contributed by atoms with Crippen LogP contribution in [-0.2, 0) is 5.41 Å². The van der Waals surface area contributed by atoms with Crippen LogP contribution in [0, 0.1) is 3.57 Å². The zero-order valence-corrected chi connectivity index (χ0v) is 15.6. The van der Waals surface area contributed by atoms with Crippen molar-refractivity contribution in [3.05, 3.63) is 61.1 Å². The normalized spacial score (nSPS) is 17.2. The van der Waals surface area contributed by atoms with Crippen molar-refractivity contribution in [1.82, 2.24) is 0 Å². The van der Waals surface area contributed by atoms with Gasteiger partial charge in [0.2, 0.25) is 0 Å². The van der Waals surface area contributed by atoms with Crippen molar-refractivity contribution in [2.75, 3.05) is 6.61 Å². The molecular formula is C17H16BrIO2. The first kappa shape index (κ1) is 15.3. The summed E-state index contributed by atoms with van der Waals surface area (Å²) in [6.45, 7) is 5.02. The molecule has 0 aromatic heterocycles. The Hall–Kier alpha value is -0.590. The van der Waals surface area contributed by atoms with Crippen molar-refractivity contribution in [1.29, 1.82) is 0 Å². The first-order valence-corrected chi connectivity index (χ1v) is 8.66. The number of fused-ring (bicyclic) bond motifs is 1. The van der Waals surface area contributed by atoms with Crippen LogP contribution < -0.4 is 4.74 Å². The summed E-state index contributed by atoms with van der Waals surface area (Å²) in [5.41, 5.74) is 2.99.